The van der Waals surface area contributed by atoms with E-state index in [9.17, 15) is 12.3 Å². The van der Waals surface area contributed by atoms with Crippen molar-refractivity contribution in [1.82, 2.24) is 24.1 Å². The minimum Gasteiger partial charge on any atom is -0.309 e. The van der Waals surface area contributed by atoms with Gasteiger partial charge < -0.3 is 4.57 Å². The maximum absolute atomic E-state index is 10.4. The van der Waals surface area contributed by atoms with Crippen molar-refractivity contribution < 1.29 is 43.9 Å². The molecule has 5 heteroatoms. The van der Waals surface area contributed by atoms with Crippen LogP contribution in [0.5, 0.6) is 0 Å². The van der Waals surface area contributed by atoms with E-state index in [1.54, 1.807) is 0 Å². The van der Waals surface area contributed by atoms with Gasteiger partial charge in [0.15, 0.2) is 11.6 Å². The molecule has 11 rings (SSSR count). The van der Waals surface area contributed by atoms with Crippen molar-refractivity contribution in [2.45, 2.75) is 0 Å². The minimum atomic E-state index is -1.07. The van der Waals surface area contributed by atoms with Crippen LogP contribution in [0.2, 0.25) is 0 Å². The molecule has 0 aliphatic heterocycles. The number of benzene rings is 8. The van der Waals surface area contributed by atoms with Gasteiger partial charge in [0.1, 0.15) is 0 Å². The van der Waals surface area contributed by atoms with Gasteiger partial charge in [0.25, 0.3) is 0 Å². The standard InChI is InChI=1S/C51H33N5/c1-4-16-34(17-5-1)37-22-14-24-39(30-37)50-52-49(36-20-8-3-9-21-36)53-51(54-50)56-46-29-13-11-27-42(46)44-32-43-41-26-10-12-28-45(41)55(47(43)33-48(44)56)40-25-15-23-38(31-40)35-18-6-2-7-19-35/h1-33H/i1D,2D,3D,4D,5D,6D,7D,8D,9D,10D,11D,12D,13D,14D,15D,16D,17D,18D,19D,20D,21D,22D,23D,24D,26D,27D,28D,29D,30D,31D,32D,33D. The molecular weight excluding hydrogens is 683 g/mol. The lowest BCUT2D eigenvalue weighted by atomic mass is 10.0. The smallest absolute Gasteiger partial charge is 0.238 e. The first-order valence-corrected chi connectivity index (χ1v) is 16.3. The molecule has 0 N–H and O–H groups in total. The summed E-state index contributed by atoms with van der Waals surface area (Å²) in [4.78, 5) is 13.3. The average Bonchev–Trinajstić information content (AvgIpc) is 1.53. The van der Waals surface area contributed by atoms with Crippen molar-refractivity contribution in [3.05, 3.63) is 199 Å². The Labute approximate surface area is 368 Å². The van der Waals surface area contributed by atoms with Crippen LogP contribution in [0.25, 0.3) is 100 Å². The van der Waals surface area contributed by atoms with Gasteiger partial charge in [0.05, 0.1) is 65.9 Å². The summed E-state index contributed by atoms with van der Waals surface area (Å²) >= 11 is 0. The number of nitrogens with zero attached hydrogens (tertiary/aromatic N) is 5. The topological polar surface area (TPSA) is 48.5 Å². The Kier molecular flexibility index (Phi) is 3.10. The summed E-state index contributed by atoms with van der Waals surface area (Å²) in [5, 5.41) is -2.39. The zero-order valence-electron chi connectivity index (χ0n) is 59.8. The third kappa shape index (κ3) is 5.29. The molecule has 0 fully saturated rings. The predicted molar refractivity (Wildman–Crippen MR) is 230 cm³/mol. The Morgan fingerprint density at radius 1 is 0.321 bits per heavy atom. The molecule has 3 aromatic heterocycles. The summed E-state index contributed by atoms with van der Waals surface area (Å²) in [5.74, 6) is -2.95. The molecule has 0 unspecified atom stereocenters. The minimum absolute atomic E-state index is 0.566. The number of para-hydroxylation sites is 2. The molecule has 3 heterocycles. The van der Waals surface area contributed by atoms with Gasteiger partial charge in [-0.25, -0.2) is 4.98 Å². The van der Waals surface area contributed by atoms with Crippen LogP contribution in [0.3, 0.4) is 0 Å². The van der Waals surface area contributed by atoms with Crippen LogP contribution in [0.4, 0.5) is 0 Å². The van der Waals surface area contributed by atoms with Gasteiger partial charge >= 0.3 is 0 Å². The van der Waals surface area contributed by atoms with Gasteiger partial charge in [-0.3, -0.25) is 4.57 Å². The Morgan fingerprint density at radius 3 is 1.46 bits per heavy atom. The van der Waals surface area contributed by atoms with Crippen molar-refractivity contribution in [3.8, 4) is 56.7 Å². The van der Waals surface area contributed by atoms with Gasteiger partial charge in [-0.15, -0.1) is 0 Å². The highest BCUT2D eigenvalue weighted by Crippen LogP contribution is 2.40. The molecule has 11 aromatic rings. The van der Waals surface area contributed by atoms with Crippen LogP contribution >= 0.6 is 0 Å². The van der Waals surface area contributed by atoms with Crippen molar-refractivity contribution in [2.24, 2.45) is 0 Å². The van der Waals surface area contributed by atoms with Crippen LogP contribution in [-0.4, -0.2) is 24.1 Å². The number of hydrogen-bond donors (Lipinski definition) is 0. The van der Waals surface area contributed by atoms with E-state index in [2.05, 4.69) is 15.0 Å². The highest BCUT2D eigenvalue weighted by molar-refractivity contribution is 6.19. The summed E-state index contributed by atoms with van der Waals surface area (Å²) < 4.78 is 288. The lowest BCUT2D eigenvalue weighted by Gasteiger charge is -2.12. The Bertz CT molecular complexity index is 5040. The summed E-state index contributed by atoms with van der Waals surface area (Å²) in [7, 11) is 0. The predicted octanol–water partition coefficient (Wildman–Crippen LogP) is 12.7. The highest BCUT2D eigenvalue weighted by Gasteiger charge is 2.21. The van der Waals surface area contributed by atoms with Crippen LogP contribution in [0.15, 0.2) is 199 Å². The van der Waals surface area contributed by atoms with Gasteiger partial charge in [0, 0.05) is 38.4 Å². The third-order valence-electron chi connectivity index (χ3n) is 8.49. The van der Waals surface area contributed by atoms with Crippen molar-refractivity contribution in [3.63, 3.8) is 0 Å². The first-order chi connectivity index (χ1) is 41.1. The second-order valence-electron chi connectivity index (χ2n) is 11.6. The zero-order chi connectivity index (χ0) is 64.9. The summed E-state index contributed by atoms with van der Waals surface area (Å²) in [6.07, 6.45) is 0. The fourth-order valence-corrected chi connectivity index (χ4v) is 6.15. The number of rotatable bonds is 6. The number of hydrogen-bond acceptors (Lipinski definition) is 3. The second kappa shape index (κ2) is 13.0. The molecule has 56 heavy (non-hydrogen) atoms. The highest BCUT2D eigenvalue weighted by atomic mass is 15.2. The molecule has 0 radical (unpaired) electrons. The van der Waals surface area contributed by atoms with E-state index in [1.807, 2.05) is 0 Å². The monoisotopic (exact) mass is 747 g/mol. The second-order valence-corrected chi connectivity index (χ2v) is 11.6. The van der Waals surface area contributed by atoms with E-state index in [0.717, 1.165) is 10.6 Å². The summed E-state index contributed by atoms with van der Waals surface area (Å²) in [5.41, 5.74) is -8.36. The Balaban J connectivity index is 1.41. The zero-order valence-corrected chi connectivity index (χ0v) is 27.8. The molecule has 0 amide bonds. The van der Waals surface area contributed by atoms with E-state index >= 15 is 0 Å². The lowest BCUT2D eigenvalue weighted by Crippen LogP contribution is -2.06. The van der Waals surface area contributed by atoms with Gasteiger partial charge in [-0.05, 0) is 64.6 Å². The Morgan fingerprint density at radius 2 is 0.804 bits per heavy atom. The normalized spacial score (nSPS) is 19.6. The molecular formula is C51H33N5. The molecule has 0 aliphatic carbocycles. The largest absolute Gasteiger partial charge is 0.309 e. The van der Waals surface area contributed by atoms with Crippen LogP contribution in [-0.2, 0) is 0 Å². The van der Waals surface area contributed by atoms with Crippen LogP contribution in [0, 0.1) is 0 Å². The number of aromatic nitrogens is 5. The molecule has 0 aliphatic rings. The van der Waals surface area contributed by atoms with E-state index in [0.29, 0.717) is 4.57 Å². The molecule has 8 aromatic carbocycles. The molecule has 5 nitrogen and oxygen atoms in total. The van der Waals surface area contributed by atoms with Gasteiger partial charge in [0.2, 0.25) is 5.95 Å². The van der Waals surface area contributed by atoms with Gasteiger partial charge in [-0.2, -0.15) is 9.97 Å². The first kappa shape index (κ1) is 13.3. The SMILES string of the molecule is [2H]c1cc(-n2c3c([2H])c([2H])c([2H])c([2H])c3c3c([2H])c4c5c([2H])c([2H])c([2H])c([2H])c5n(-c5nc(-c6c([2H])c([2H])c([2H])c([2H])c6[2H])nc(-c6c([2H])c([2H])c([2H])c(-c7c([2H])c([2H])c([2H])c([2H])c7[2H])c6[2H])n5)c4c([2H])c32)c([2H])c(-c2c([2H])c([2H])c([2H])c([2H])c2[2H])c1[2H]. The number of fused-ring (bicyclic) bond motifs is 6. The molecule has 262 valence electrons. The maximum Gasteiger partial charge on any atom is 0.238 e. The fourth-order valence-electron chi connectivity index (χ4n) is 6.15. The summed E-state index contributed by atoms with van der Waals surface area (Å²) in [6, 6.07) is -29.4. The molecule has 0 spiro atoms. The van der Waals surface area contributed by atoms with Crippen LogP contribution < -0.4 is 0 Å². The van der Waals surface area contributed by atoms with Crippen molar-refractivity contribution in [2.75, 3.05) is 0 Å². The van der Waals surface area contributed by atoms with Crippen LogP contribution in [0.1, 0.15) is 43.9 Å². The molecule has 0 saturated heterocycles. The van der Waals surface area contributed by atoms with Crippen molar-refractivity contribution >= 4 is 43.6 Å². The maximum atomic E-state index is 10.4. The molecule has 0 saturated carbocycles. The van der Waals surface area contributed by atoms with E-state index in [4.69, 9.17) is 31.5 Å². The summed E-state index contributed by atoms with van der Waals surface area (Å²) in [6.45, 7) is 0. The first-order valence-electron chi connectivity index (χ1n) is 32.3. The van der Waals surface area contributed by atoms with Crippen molar-refractivity contribution in [1.29, 1.82) is 0 Å². The quantitative estimate of drug-likeness (QED) is 0.170. The third-order valence-corrected chi connectivity index (χ3v) is 8.49. The Hall–Kier alpha value is -7.63. The van der Waals surface area contributed by atoms with Gasteiger partial charge in [-0.1, -0.05) is 157 Å². The fraction of sp³-hybridized carbons (Fsp3) is 0. The van der Waals surface area contributed by atoms with E-state index in [-0.39, 0.29) is 0 Å². The van der Waals surface area contributed by atoms with E-state index < -0.39 is 294 Å². The lowest BCUT2D eigenvalue weighted by molar-refractivity contribution is 0.953. The molecule has 0 bridgehead atoms. The molecule has 0 atom stereocenters. The van der Waals surface area contributed by atoms with E-state index in [1.165, 1.54) is 0 Å². The average molecular weight is 748 g/mol.